The summed E-state index contributed by atoms with van der Waals surface area (Å²) in [7, 11) is -1.63. The number of rotatable bonds is 5. The molecule has 0 spiro atoms. The molecule has 1 atom stereocenters. The van der Waals surface area contributed by atoms with Crippen LogP contribution in [-0.2, 0) is 16.4 Å². The summed E-state index contributed by atoms with van der Waals surface area (Å²) >= 11 is 0. The number of pyridine rings is 1. The van der Waals surface area contributed by atoms with Gasteiger partial charge < -0.3 is 10.0 Å². The predicted octanol–water partition coefficient (Wildman–Crippen LogP) is 1.09. The van der Waals surface area contributed by atoms with Crippen LogP contribution in [0.25, 0.3) is 0 Å². The van der Waals surface area contributed by atoms with Crippen LogP contribution in [0.3, 0.4) is 0 Å². The second-order valence-electron chi connectivity index (χ2n) is 5.62. The first-order valence-corrected chi connectivity index (χ1v) is 8.87. The second-order valence-corrected chi connectivity index (χ2v) is 7.38. The van der Waals surface area contributed by atoms with Crippen molar-refractivity contribution in [2.45, 2.75) is 17.4 Å². The lowest BCUT2D eigenvalue weighted by atomic mass is 10.0. The van der Waals surface area contributed by atoms with Crippen molar-refractivity contribution in [1.29, 1.82) is 0 Å². The molecular weight excluding hydrogens is 314 g/mol. The molecule has 23 heavy (non-hydrogen) atoms. The van der Waals surface area contributed by atoms with Gasteiger partial charge in [-0.25, -0.2) is 13.1 Å². The molecule has 2 N–H and O–H groups in total. The Morgan fingerprint density at radius 2 is 2.22 bits per heavy atom. The number of aliphatic hydroxyl groups excluding tert-OH is 1. The van der Waals surface area contributed by atoms with Gasteiger partial charge in [-0.2, -0.15) is 0 Å². The van der Waals surface area contributed by atoms with Gasteiger partial charge in [0.05, 0.1) is 6.10 Å². The minimum Gasteiger partial charge on any atom is -0.387 e. The number of nitrogens with one attached hydrogen (secondary N) is 1. The number of anilines is 1. The molecule has 0 fully saturated rings. The number of hydrogen-bond donors (Lipinski definition) is 2. The van der Waals surface area contributed by atoms with Crippen LogP contribution in [0.5, 0.6) is 0 Å². The lowest BCUT2D eigenvalue weighted by Crippen LogP contribution is -2.28. The monoisotopic (exact) mass is 333 g/mol. The highest BCUT2D eigenvalue weighted by Gasteiger charge is 2.20. The van der Waals surface area contributed by atoms with Crippen LogP contribution in [0.4, 0.5) is 5.69 Å². The van der Waals surface area contributed by atoms with Crippen molar-refractivity contribution in [2.75, 3.05) is 25.0 Å². The fourth-order valence-electron chi connectivity index (χ4n) is 2.69. The summed E-state index contributed by atoms with van der Waals surface area (Å²) < 4.78 is 26.7. The topological polar surface area (TPSA) is 82.5 Å². The summed E-state index contributed by atoms with van der Waals surface area (Å²) in [6.07, 6.45) is 2.83. The summed E-state index contributed by atoms with van der Waals surface area (Å²) in [5.41, 5.74) is 3.06. The largest absolute Gasteiger partial charge is 0.387 e. The Bertz CT molecular complexity index is 793. The van der Waals surface area contributed by atoms with Gasteiger partial charge in [0.1, 0.15) is 4.90 Å². The van der Waals surface area contributed by atoms with E-state index in [9.17, 15) is 13.5 Å². The average Bonchev–Trinajstić information content (AvgIpc) is 2.94. The number of benzene rings is 1. The van der Waals surface area contributed by atoms with Gasteiger partial charge in [-0.3, -0.25) is 4.98 Å². The third-order valence-electron chi connectivity index (χ3n) is 4.03. The van der Waals surface area contributed by atoms with E-state index in [1.165, 1.54) is 24.0 Å². The Morgan fingerprint density at radius 3 is 2.96 bits per heavy atom. The third-order valence-corrected chi connectivity index (χ3v) is 5.44. The molecule has 2 heterocycles. The Hall–Kier alpha value is -1.96. The van der Waals surface area contributed by atoms with Gasteiger partial charge >= 0.3 is 0 Å². The van der Waals surface area contributed by atoms with E-state index in [4.69, 9.17) is 0 Å². The molecule has 1 aromatic heterocycles. The predicted molar refractivity (Wildman–Crippen MR) is 87.8 cm³/mol. The molecule has 0 amide bonds. The van der Waals surface area contributed by atoms with E-state index in [-0.39, 0.29) is 11.4 Å². The van der Waals surface area contributed by atoms with Crippen molar-refractivity contribution in [2.24, 2.45) is 0 Å². The van der Waals surface area contributed by atoms with Crippen molar-refractivity contribution in [3.8, 4) is 0 Å². The highest BCUT2D eigenvalue weighted by atomic mass is 32.2. The van der Waals surface area contributed by atoms with Crippen molar-refractivity contribution < 1.29 is 13.5 Å². The van der Waals surface area contributed by atoms with Crippen molar-refractivity contribution in [3.05, 3.63) is 53.9 Å². The van der Waals surface area contributed by atoms with Crippen LogP contribution in [-0.4, -0.2) is 38.6 Å². The Kier molecular flexibility index (Phi) is 4.34. The van der Waals surface area contributed by atoms with Crippen LogP contribution < -0.4 is 9.62 Å². The smallest absolute Gasteiger partial charge is 0.242 e. The number of fused-ring (bicyclic) bond motifs is 1. The van der Waals surface area contributed by atoms with E-state index in [1.54, 1.807) is 6.07 Å². The van der Waals surface area contributed by atoms with E-state index >= 15 is 0 Å². The molecule has 0 bridgehead atoms. The molecule has 0 aliphatic carbocycles. The van der Waals surface area contributed by atoms with Crippen LogP contribution >= 0.6 is 0 Å². The first kappa shape index (κ1) is 15.9. The number of aliphatic hydroxyl groups is 1. The van der Waals surface area contributed by atoms with Crippen molar-refractivity contribution in [1.82, 2.24) is 9.71 Å². The Balaban J connectivity index is 1.69. The molecule has 3 rings (SSSR count). The fraction of sp³-hybridized carbons (Fsp3) is 0.312. The zero-order chi connectivity index (χ0) is 16.4. The van der Waals surface area contributed by atoms with Gasteiger partial charge in [-0.05, 0) is 35.7 Å². The fourth-order valence-corrected chi connectivity index (χ4v) is 3.69. The molecule has 0 saturated heterocycles. The van der Waals surface area contributed by atoms with E-state index in [0.29, 0.717) is 5.56 Å². The molecule has 1 aliphatic heterocycles. The van der Waals surface area contributed by atoms with Crippen LogP contribution in [0.2, 0.25) is 0 Å². The molecule has 0 radical (unpaired) electrons. The van der Waals surface area contributed by atoms with Crippen LogP contribution in [0.1, 0.15) is 17.2 Å². The lowest BCUT2D eigenvalue weighted by Gasteiger charge is -2.15. The summed E-state index contributed by atoms with van der Waals surface area (Å²) in [6.45, 7) is 0.883. The highest BCUT2D eigenvalue weighted by molar-refractivity contribution is 7.89. The summed E-state index contributed by atoms with van der Waals surface area (Å²) in [4.78, 5) is 6.05. The Morgan fingerprint density at radius 1 is 1.39 bits per heavy atom. The zero-order valence-corrected chi connectivity index (χ0v) is 13.6. The minimum atomic E-state index is -3.66. The Labute approximate surface area is 135 Å². The van der Waals surface area contributed by atoms with Crippen LogP contribution in [0, 0.1) is 0 Å². The van der Waals surface area contributed by atoms with Crippen molar-refractivity contribution >= 4 is 15.7 Å². The third kappa shape index (κ3) is 3.36. The maximum absolute atomic E-state index is 12.1. The van der Waals surface area contributed by atoms with Gasteiger partial charge in [0.15, 0.2) is 0 Å². The molecule has 2 aromatic rings. The minimum absolute atomic E-state index is 0.0775. The molecule has 0 saturated carbocycles. The van der Waals surface area contributed by atoms with E-state index in [1.807, 2.05) is 25.2 Å². The second kappa shape index (κ2) is 6.27. The number of sulfonamides is 1. The van der Waals surface area contributed by atoms with Gasteiger partial charge in [0.25, 0.3) is 0 Å². The lowest BCUT2D eigenvalue weighted by molar-refractivity contribution is 0.182. The standard InChI is InChI=1S/C16H19N3O3S/c1-19-8-6-12-9-13(4-5-15(12)19)16(20)11-18-23(21,22)14-3-2-7-17-10-14/h2-5,7,9-10,16,18,20H,6,8,11H2,1H3. The average molecular weight is 333 g/mol. The van der Waals surface area contributed by atoms with E-state index < -0.39 is 16.1 Å². The number of hydrogen-bond acceptors (Lipinski definition) is 5. The number of aromatic nitrogens is 1. The summed E-state index contributed by atoms with van der Waals surface area (Å²) in [5.74, 6) is 0. The molecule has 1 aliphatic rings. The molecule has 122 valence electrons. The van der Waals surface area contributed by atoms with Crippen LogP contribution in [0.15, 0.2) is 47.6 Å². The van der Waals surface area contributed by atoms with E-state index in [0.717, 1.165) is 18.7 Å². The molecule has 1 unspecified atom stereocenters. The van der Waals surface area contributed by atoms with Gasteiger partial charge in [0.2, 0.25) is 10.0 Å². The maximum Gasteiger partial charge on any atom is 0.242 e. The zero-order valence-electron chi connectivity index (χ0n) is 12.8. The van der Waals surface area contributed by atoms with Gasteiger partial charge in [-0.1, -0.05) is 12.1 Å². The van der Waals surface area contributed by atoms with Gasteiger partial charge in [-0.15, -0.1) is 0 Å². The summed E-state index contributed by atoms with van der Waals surface area (Å²) in [5, 5.41) is 10.3. The number of nitrogens with zero attached hydrogens (tertiary/aromatic N) is 2. The first-order valence-electron chi connectivity index (χ1n) is 7.39. The van der Waals surface area contributed by atoms with Crippen molar-refractivity contribution in [3.63, 3.8) is 0 Å². The highest BCUT2D eigenvalue weighted by Crippen LogP contribution is 2.29. The van der Waals surface area contributed by atoms with E-state index in [2.05, 4.69) is 14.6 Å². The maximum atomic E-state index is 12.1. The molecular formula is C16H19N3O3S. The molecule has 7 heteroatoms. The van der Waals surface area contributed by atoms with Gasteiger partial charge in [0, 0.05) is 38.2 Å². The SMILES string of the molecule is CN1CCc2cc(C(O)CNS(=O)(=O)c3cccnc3)ccc21. The molecule has 1 aromatic carbocycles. The normalized spacial score (nSPS) is 15.5. The quantitative estimate of drug-likeness (QED) is 0.856. The summed E-state index contributed by atoms with van der Waals surface area (Å²) in [6, 6.07) is 8.77. The number of likely N-dealkylation sites (N-methyl/N-ethyl adjacent to an activating group) is 1. The molecule has 6 nitrogen and oxygen atoms in total. The first-order chi connectivity index (χ1) is 11.0.